The molecule has 0 spiro atoms. The number of H-pyrrole nitrogens is 1. The van der Waals surface area contributed by atoms with Gasteiger partial charge in [-0.05, 0) is 23.8 Å². The number of hydrogen-bond acceptors (Lipinski definition) is 4. The SMILES string of the molecule is CNc1ccc(Cn2c(=O)n(Cc3ccccc3F)c(=O)c3[nH]cnc32)cc1. The number of imidazole rings is 1. The Morgan fingerprint density at radius 2 is 1.79 bits per heavy atom. The van der Waals surface area contributed by atoms with Crippen LogP contribution in [0.2, 0.25) is 0 Å². The number of aromatic amines is 1. The maximum absolute atomic E-state index is 14.1. The molecule has 0 unspecified atom stereocenters. The van der Waals surface area contributed by atoms with Gasteiger partial charge in [0.15, 0.2) is 5.65 Å². The molecule has 4 aromatic rings. The standard InChI is InChI=1S/C20H18FN5O2/c1-22-15-8-6-13(7-9-15)10-25-18-17(23-12-24-18)19(27)26(20(25)28)11-14-4-2-3-5-16(14)21/h2-9,12,22H,10-11H2,1H3,(H,23,24). The van der Waals surface area contributed by atoms with Crippen LogP contribution in [0.1, 0.15) is 11.1 Å². The number of fused-ring (bicyclic) bond motifs is 1. The van der Waals surface area contributed by atoms with Gasteiger partial charge in [0.2, 0.25) is 0 Å². The molecule has 0 aliphatic heterocycles. The Labute approximate surface area is 159 Å². The topological polar surface area (TPSA) is 84.7 Å². The first kappa shape index (κ1) is 17.7. The summed E-state index contributed by atoms with van der Waals surface area (Å²) in [5.41, 5.74) is 1.52. The lowest BCUT2D eigenvalue weighted by atomic mass is 10.2. The average Bonchev–Trinajstić information content (AvgIpc) is 3.20. The highest BCUT2D eigenvalue weighted by Crippen LogP contribution is 2.12. The van der Waals surface area contributed by atoms with Gasteiger partial charge < -0.3 is 10.3 Å². The highest BCUT2D eigenvalue weighted by molar-refractivity contribution is 5.69. The molecular formula is C20H18FN5O2. The first-order valence-electron chi connectivity index (χ1n) is 8.75. The summed E-state index contributed by atoms with van der Waals surface area (Å²) in [7, 11) is 1.82. The minimum atomic E-state index is -0.537. The molecule has 0 atom stereocenters. The van der Waals surface area contributed by atoms with Crippen LogP contribution in [0.3, 0.4) is 0 Å². The van der Waals surface area contributed by atoms with Gasteiger partial charge in [0.1, 0.15) is 11.3 Å². The van der Waals surface area contributed by atoms with E-state index < -0.39 is 17.1 Å². The predicted octanol–water partition coefficient (Wildman–Crippen LogP) is 2.16. The number of benzene rings is 2. The van der Waals surface area contributed by atoms with Crippen molar-refractivity contribution in [3.05, 3.63) is 92.6 Å². The Balaban J connectivity index is 1.84. The molecule has 28 heavy (non-hydrogen) atoms. The van der Waals surface area contributed by atoms with Crippen LogP contribution >= 0.6 is 0 Å². The van der Waals surface area contributed by atoms with Gasteiger partial charge in [-0.25, -0.2) is 14.2 Å². The van der Waals surface area contributed by atoms with E-state index in [0.29, 0.717) is 0 Å². The Hall–Kier alpha value is -3.68. The number of nitrogens with one attached hydrogen (secondary N) is 2. The monoisotopic (exact) mass is 379 g/mol. The maximum atomic E-state index is 14.1. The van der Waals surface area contributed by atoms with Crippen LogP contribution in [0.5, 0.6) is 0 Å². The summed E-state index contributed by atoms with van der Waals surface area (Å²) in [4.78, 5) is 32.8. The molecule has 2 aromatic carbocycles. The minimum absolute atomic E-state index is 0.155. The fraction of sp³-hybridized carbons (Fsp3) is 0.150. The third kappa shape index (κ3) is 3.09. The van der Waals surface area contributed by atoms with Gasteiger partial charge in [-0.2, -0.15) is 0 Å². The summed E-state index contributed by atoms with van der Waals surface area (Å²) < 4.78 is 16.5. The summed E-state index contributed by atoms with van der Waals surface area (Å²) in [6, 6.07) is 13.7. The first-order chi connectivity index (χ1) is 13.6. The van der Waals surface area contributed by atoms with Crippen LogP contribution in [0.15, 0.2) is 64.4 Å². The zero-order valence-electron chi connectivity index (χ0n) is 15.1. The molecule has 0 saturated carbocycles. The number of rotatable bonds is 5. The van der Waals surface area contributed by atoms with E-state index in [1.165, 1.54) is 17.0 Å². The quantitative estimate of drug-likeness (QED) is 0.557. The van der Waals surface area contributed by atoms with Crippen molar-refractivity contribution in [3.8, 4) is 0 Å². The molecule has 0 radical (unpaired) electrons. The number of halogens is 1. The zero-order chi connectivity index (χ0) is 19.7. The van der Waals surface area contributed by atoms with Crippen molar-refractivity contribution in [1.29, 1.82) is 0 Å². The van der Waals surface area contributed by atoms with E-state index in [4.69, 9.17) is 0 Å². The van der Waals surface area contributed by atoms with E-state index in [-0.39, 0.29) is 29.8 Å². The molecule has 7 nitrogen and oxygen atoms in total. The smallest absolute Gasteiger partial charge is 0.333 e. The predicted molar refractivity (Wildman–Crippen MR) is 105 cm³/mol. The second-order valence-electron chi connectivity index (χ2n) is 6.40. The van der Waals surface area contributed by atoms with Crippen LogP contribution in [0.4, 0.5) is 10.1 Å². The van der Waals surface area contributed by atoms with Crippen molar-refractivity contribution < 1.29 is 4.39 Å². The van der Waals surface area contributed by atoms with E-state index in [1.54, 1.807) is 18.2 Å². The van der Waals surface area contributed by atoms with Crippen LogP contribution in [-0.4, -0.2) is 26.1 Å². The summed E-state index contributed by atoms with van der Waals surface area (Å²) in [6.45, 7) is 0.0831. The molecule has 0 amide bonds. The highest BCUT2D eigenvalue weighted by atomic mass is 19.1. The highest BCUT2D eigenvalue weighted by Gasteiger charge is 2.16. The van der Waals surface area contributed by atoms with Gasteiger partial charge in [-0.3, -0.25) is 13.9 Å². The summed E-state index contributed by atoms with van der Waals surface area (Å²) in [5.74, 6) is -0.465. The van der Waals surface area contributed by atoms with E-state index in [9.17, 15) is 14.0 Å². The molecule has 4 rings (SSSR count). The van der Waals surface area contributed by atoms with Crippen LogP contribution in [-0.2, 0) is 13.1 Å². The lowest BCUT2D eigenvalue weighted by molar-refractivity contribution is 0.577. The van der Waals surface area contributed by atoms with Crippen molar-refractivity contribution in [2.24, 2.45) is 0 Å². The summed E-state index contributed by atoms with van der Waals surface area (Å²) in [5, 5.41) is 3.04. The largest absolute Gasteiger partial charge is 0.388 e. The average molecular weight is 379 g/mol. The molecular weight excluding hydrogens is 361 g/mol. The van der Waals surface area contributed by atoms with Crippen LogP contribution in [0, 0.1) is 5.82 Å². The molecule has 2 heterocycles. The Morgan fingerprint density at radius 3 is 2.50 bits per heavy atom. The number of anilines is 1. The fourth-order valence-corrected chi connectivity index (χ4v) is 3.15. The van der Waals surface area contributed by atoms with E-state index in [1.807, 2.05) is 31.3 Å². The Kier molecular flexibility index (Phi) is 4.52. The summed E-state index contributed by atoms with van der Waals surface area (Å²) in [6.07, 6.45) is 1.37. The molecule has 0 fully saturated rings. The van der Waals surface area contributed by atoms with E-state index >= 15 is 0 Å². The van der Waals surface area contributed by atoms with E-state index in [0.717, 1.165) is 15.8 Å². The van der Waals surface area contributed by atoms with Gasteiger partial charge in [0.05, 0.1) is 19.4 Å². The Morgan fingerprint density at radius 1 is 1.04 bits per heavy atom. The molecule has 0 saturated heterocycles. The molecule has 0 bridgehead atoms. The normalized spacial score (nSPS) is 11.1. The zero-order valence-corrected chi connectivity index (χ0v) is 15.1. The van der Waals surface area contributed by atoms with Crippen LogP contribution in [0.25, 0.3) is 11.2 Å². The van der Waals surface area contributed by atoms with Crippen molar-refractivity contribution in [2.75, 3.05) is 12.4 Å². The second-order valence-corrected chi connectivity index (χ2v) is 6.40. The lowest BCUT2D eigenvalue weighted by Gasteiger charge is -2.12. The number of hydrogen-bond donors (Lipinski definition) is 2. The van der Waals surface area contributed by atoms with Gasteiger partial charge in [-0.15, -0.1) is 0 Å². The van der Waals surface area contributed by atoms with Gasteiger partial charge in [0.25, 0.3) is 5.56 Å². The third-order valence-electron chi connectivity index (χ3n) is 4.67. The van der Waals surface area contributed by atoms with E-state index in [2.05, 4.69) is 15.3 Å². The molecule has 2 N–H and O–H groups in total. The second kappa shape index (κ2) is 7.15. The van der Waals surface area contributed by atoms with Crippen molar-refractivity contribution in [3.63, 3.8) is 0 Å². The third-order valence-corrected chi connectivity index (χ3v) is 4.67. The van der Waals surface area contributed by atoms with Crippen LogP contribution < -0.4 is 16.6 Å². The molecule has 8 heteroatoms. The van der Waals surface area contributed by atoms with Crippen molar-refractivity contribution >= 4 is 16.9 Å². The molecule has 0 aliphatic rings. The van der Waals surface area contributed by atoms with Gasteiger partial charge in [-0.1, -0.05) is 30.3 Å². The number of nitrogens with zero attached hydrogens (tertiary/aromatic N) is 3. The maximum Gasteiger partial charge on any atom is 0.333 e. The van der Waals surface area contributed by atoms with Crippen molar-refractivity contribution in [1.82, 2.24) is 19.1 Å². The summed E-state index contributed by atoms with van der Waals surface area (Å²) >= 11 is 0. The molecule has 142 valence electrons. The lowest BCUT2D eigenvalue weighted by Crippen LogP contribution is -2.40. The van der Waals surface area contributed by atoms with Gasteiger partial charge in [0, 0.05) is 18.3 Å². The van der Waals surface area contributed by atoms with Crippen molar-refractivity contribution in [2.45, 2.75) is 13.1 Å². The molecule has 2 aromatic heterocycles. The first-order valence-corrected chi connectivity index (χ1v) is 8.75. The minimum Gasteiger partial charge on any atom is -0.388 e. The van der Waals surface area contributed by atoms with Gasteiger partial charge >= 0.3 is 5.69 Å². The molecule has 0 aliphatic carbocycles. The Bertz CT molecular complexity index is 1250. The number of aromatic nitrogens is 4. The fourth-order valence-electron chi connectivity index (χ4n) is 3.15.